The molecule has 0 heterocycles. The maximum absolute atomic E-state index is 12.3. The third kappa shape index (κ3) is 4.70. The minimum Gasteiger partial charge on any atom is -0.489 e. The highest BCUT2D eigenvalue weighted by Crippen LogP contribution is 2.19. The summed E-state index contributed by atoms with van der Waals surface area (Å²) in [6.07, 6.45) is 0. The fourth-order valence-electron chi connectivity index (χ4n) is 2.50. The first-order valence-corrected chi connectivity index (χ1v) is 8.21. The molecule has 0 N–H and O–H groups in total. The summed E-state index contributed by atoms with van der Waals surface area (Å²) in [4.78, 5) is 12.3. The first-order chi connectivity index (χ1) is 12.2. The normalized spacial score (nSPS) is 10.3. The molecule has 0 saturated carbocycles. The van der Waals surface area contributed by atoms with Crippen molar-refractivity contribution in [3.63, 3.8) is 0 Å². The Morgan fingerprint density at radius 1 is 0.800 bits per heavy atom. The van der Waals surface area contributed by atoms with Crippen LogP contribution in [0.3, 0.4) is 0 Å². The van der Waals surface area contributed by atoms with Gasteiger partial charge in [-0.1, -0.05) is 60.7 Å². The second-order valence-corrected chi connectivity index (χ2v) is 5.81. The van der Waals surface area contributed by atoms with Gasteiger partial charge in [-0.15, -0.1) is 0 Å². The average Bonchev–Trinajstić information content (AvgIpc) is 2.66. The van der Waals surface area contributed by atoms with E-state index < -0.39 is 0 Å². The summed E-state index contributed by atoms with van der Waals surface area (Å²) < 4.78 is 11.2. The lowest BCUT2D eigenvalue weighted by atomic mass is 10.1. The molecule has 0 amide bonds. The van der Waals surface area contributed by atoms with E-state index in [9.17, 15) is 4.79 Å². The molecule has 0 spiro atoms. The van der Waals surface area contributed by atoms with Gasteiger partial charge >= 0.3 is 5.97 Å². The first kappa shape index (κ1) is 16.8. The Bertz CT molecular complexity index is 826. The Hall–Kier alpha value is -3.07. The van der Waals surface area contributed by atoms with Crippen molar-refractivity contribution in [3.05, 3.63) is 101 Å². The number of ether oxygens (including phenoxy) is 2. The third-order valence-corrected chi connectivity index (χ3v) is 3.88. The van der Waals surface area contributed by atoms with Crippen molar-refractivity contribution in [3.8, 4) is 5.75 Å². The summed E-state index contributed by atoms with van der Waals surface area (Å²) in [6.45, 7) is 2.65. The van der Waals surface area contributed by atoms with Gasteiger partial charge in [0.25, 0.3) is 0 Å². The fraction of sp³-hybridized carbons (Fsp3) is 0.136. The number of rotatable bonds is 6. The van der Waals surface area contributed by atoms with E-state index in [2.05, 4.69) is 0 Å². The second-order valence-electron chi connectivity index (χ2n) is 5.81. The Balaban J connectivity index is 1.60. The van der Waals surface area contributed by atoms with Crippen molar-refractivity contribution in [1.29, 1.82) is 0 Å². The number of aryl methyl sites for hydroxylation is 1. The highest BCUT2D eigenvalue weighted by molar-refractivity contribution is 5.91. The topological polar surface area (TPSA) is 35.5 Å². The SMILES string of the molecule is Cc1cc(OCc2ccccc2)ccc1C(=O)OCc1ccccc1. The third-order valence-electron chi connectivity index (χ3n) is 3.88. The van der Waals surface area contributed by atoms with Gasteiger partial charge in [0, 0.05) is 0 Å². The molecule has 0 aliphatic heterocycles. The van der Waals surface area contributed by atoms with Crippen molar-refractivity contribution in [2.75, 3.05) is 0 Å². The van der Waals surface area contributed by atoms with E-state index >= 15 is 0 Å². The maximum Gasteiger partial charge on any atom is 0.338 e. The number of hydrogen-bond donors (Lipinski definition) is 0. The molecule has 0 fully saturated rings. The van der Waals surface area contributed by atoms with Gasteiger partial charge in [-0.25, -0.2) is 4.79 Å². The Kier molecular flexibility index (Phi) is 5.47. The molecule has 3 aromatic rings. The predicted octanol–water partition coefficient (Wildman–Crippen LogP) is 4.93. The summed E-state index contributed by atoms with van der Waals surface area (Å²) in [5.41, 5.74) is 3.47. The van der Waals surface area contributed by atoms with E-state index in [4.69, 9.17) is 9.47 Å². The summed E-state index contributed by atoms with van der Waals surface area (Å²) >= 11 is 0. The summed E-state index contributed by atoms with van der Waals surface area (Å²) in [6, 6.07) is 25.0. The number of benzene rings is 3. The molecule has 126 valence electrons. The van der Waals surface area contributed by atoms with Gasteiger partial charge in [0.1, 0.15) is 19.0 Å². The zero-order valence-electron chi connectivity index (χ0n) is 14.1. The summed E-state index contributed by atoms with van der Waals surface area (Å²) in [5.74, 6) is 0.414. The Labute approximate surface area is 147 Å². The molecule has 3 heteroatoms. The molecular weight excluding hydrogens is 312 g/mol. The minimum absolute atomic E-state index is 0.269. The molecule has 3 aromatic carbocycles. The highest BCUT2D eigenvalue weighted by Gasteiger charge is 2.11. The molecule has 3 rings (SSSR count). The van der Waals surface area contributed by atoms with Gasteiger partial charge < -0.3 is 9.47 Å². The van der Waals surface area contributed by atoms with Crippen LogP contribution >= 0.6 is 0 Å². The molecule has 0 bridgehead atoms. The second kappa shape index (κ2) is 8.15. The van der Waals surface area contributed by atoms with Crippen molar-refractivity contribution in [2.45, 2.75) is 20.1 Å². The van der Waals surface area contributed by atoms with Gasteiger partial charge in [0.2, 0.25) is 0 Å². The van der Waals surface area contributed by atoms with Crippen LogP contribution in [0.25, 0.3) is 0 Å². The van der Waals surface area contributed by atoms with Crippen molar-refractivity contribution in [1.82, 2.24) is 0 Å². The smallest absolute Gasteiger partial charge is 0.338 e. The monoisotopic (exact) mass is 332 g/mol. The van der Waals surface area contributed by atoms with Crippen LogP contribution in [0, 0.1) is 6.92 Å². The maximum atomic E-state index is 12.3. The van der Waals surface area contributed by atoms with Crippen LogP contribution in [0.15, 0.2) is 78.9 Å². The molecule has 0 unspecified atom stereocenters. The van der Waals surface area contributed by atoms with Crippen molar-refractivity contribution < 1.29 is 14.3 Å². The lowest BCUT2D eigenvalue weighted by molar-refractivity contribution is 0.0472. The Morgan fingerprint density at radius 2 is 1.40 bits per heavy atom. The zero-order valence-corrected chi connectivity index (χ0v) is 14.1. The van der Waals surface area contributed by atoms with E-state index in [0.29, 0.717) is 12.2 Å². The van der Waals surface area contributed by atoms with Crippen LogP contribution < -0.4 is 4.74 Å². The van der Waals surface area contributed by atoms with Gasteiger partial charge in [-0.3, -0.25) is 0 Å². The van der Waals surface area contributed by atoms with Gasteiger partial charge in [-0.2, -0.15) is 0 Å². The van der Waals surface area contributed by atoms with E-state index in [0.717, 1.165) is 22.4 Å². The molecule has 0 saturated heterocycles. The molecule has 0 radical (unpaired) electrons. The minimum atomic E-state index is -0.323. The van der Waals surface area contributed by atoms with E-state index in [1.165, 1.54) is 0 Å². The fourth-order valence-corrected chi connectivity index (χ4v) is 2.50. The number of hydrogen-bond acceptors (Lipinski definition) is 3. The highest BCUT2D eigenvalue weighted by atomic mass is 16.5. The largest absolute Gasteiger partial charge is 0.489 e. The van der Waals surface area contributed by atoms with Crippen LogP contribution in [-0.4, -0.2) is 5.97 Å². The standard InChI is InChI=1S/C22H20O3/c1-17-14-20(24-15-18-8-4-2-5-9-18)12-13-21(17)22(23)25-16-19-10-6-3-7-11-19/h2-14H,15-16H2,1H3. The predicted molar refractivity (Wildman–Crippen MR) is 97.5 cm³/mol. The van der Waals surface area contributed by atoms with E-state index in [1.807, 2.05) is 73.7 Å². The zero-order chi connectivity index (χ0) is 17.5. The summed E-state index contributed by atoms with van der Waals surface area (Å²) in [5, 5.41) is 0. The number of carbonyl (C=O) groups is 1. The van der Waals surface area contributed by atoms with Crippen LogP contribution in [0.1, 0.15) is 27.0 Å². The van der Waals surface area contributed by atoms with Crippen LogP contribution in [0.4, 0.5) is 0 Å². The first-order valence-electron chi connectivity index (χ1n) is 8.21. The lowest BCUT2D eigenvalue weighted by Crippen LogP contribution is -2.07. The molecule has 0 atom stereocenters. The van der Waals surface area contributed by atoms with Crippen LogP contribution in [0.2, 0.25) is 0 Å². The molecular formula is C22H20O3. The quantitative estimate of drug-likeness (QED) is 0.600. The number of carbonyl (C=O) groups excluding carboxylic acids is 1. The Morgan fingerprint density at radius 3 is 2.00 bits per heavy atom. The van der Waals surface area contributed by atoms with E-state index in [1.54, 1.807) is 12.1 Å². The molecule has 0 aliphatic rings. The van der Waals surface area contributed by atoms with Gasteiger partial charge in [-0.05, 0) is 41.8 Å². The van der Waals surface area contributed by atoms with E-state index in [-0.39, 0.29) is 12.6 Å². The van der Waals surface area contributed by atoms with Crippen LogP contribution in [-0.2, 0) is 18.0 Å². The average molecular weight is 332 g/mol. The van der Waals surface area contributed by atoms with Crippen molar-refractivity contribution >= 4 is 5.97 Å². The van der Waals surface area contributed by atoms with Gasteiger partial charge in [0.05, 0.1) is 5.56 Å². The molecule has 3 nitrogen and oxygen atoms in total. The molecule has 0 aromatic heterocycles. The lowest BCUT2D eigenvalue weighted by Gasteiger charge is -2.10. The van der Waals surface area contributed by atoms with Gasteiger partial charge in [0.15, 0.2) is 0 Å². The van der Waals surface area contributed by atoms with Crippen LogP contribution in [0.5, 0.6) is 5.75 Å². The van der Waals surface area contributed by atoms with Crippen molar-refractivity contribution in [2.24, 2.45) is 0 Å². The molecule has 0 aliphatic carbocycles. The molecule has 25 heavy (non-hydrogen) atoms. The summed E-state index contributed by atoms with van der Waals surface area (Å²) in [7, 11) is 0. The number of esters is 1.